The van der Waals surface area contributed by atoms with Gasteiger partial charge in [0.15, 0.2) is 0 Å². The van der Waals surface area contributed by atoms with Crippen LogP contribution in [0.2, 0.25) is 0 Å². The fourth-order valence-corrected chi connectivity index (χ4v) is 3.02. The highest BCUT2D eigenvalue weighted by Crippen LogP contribution is 2.17. The van der Waals surface area contributed by atoms with Gasteiger partial charge in [0.05, 0.1) is 0 Å². The number of piperazine rings is 1. The minimum absolute atomic E-state index is 0.244. The lowest BCUT2D eigenvalue weighted by Gasteiger charge is -2.31. The number of carbonyl (C=O) groups excluding carboxylic acids is 1. The Morgan fingerprint density at radius 2 is 2.11 bits per heavy atom. The third-order valence-electron chi connectivity index (χ3n) is 4.08. The lowest BCUT2D eigenvalue weighted by atomic mass is 9.95. The highest BCUT2D eigenvalue weighted by Gasteiger charge is 2.18. The molecule has 1 aliphatic heterocycles. The standard InChI is InChI=1S/C14H27N3O/c1-12-11-17(10-8-15-12)9-7-14(18)16-13-5-3-2-4-6-13/h12-13,15H,2-11H2,1H3,(H,16,18). The summed E-state index contributed by atoms with van der Waals surface area (Å²) in [5.74, 6) is 0.244. The first kappa shape index (κ1) is 13.8. The number of hydrogen-bond acceptors (Lipinski definition) is 3. The predicted octanol–water partition coefficient (Wildman–Crippen LogP) is 1.12. The molecule has 0 spiro atoms. The zero-order valence-corrected chi connectivity index (χ0v) is 11.6. The molecule has 0 aromatic rings. The summed E-state index contributed by atoms with van der Waals surface area (Å²) in [6.45, 7) is 6.29. The van der Waals surface area contributed by atoms with E-state index in [4.69, 9.17) is 0 Å². The molecule has 1 unspecified atom stereocenters. The SMILES string of the molecule is CC1CN(CCC(=O)NC2CCCCC2)CCN1. The van der Waals surface area contributed by atoms with Gasteiger partial charge in [0.1, 0.15) is 0 Å². The zero-order valence-electron chi connectivity index (χ0n) is 11.6. The molecule has 2 fully saturated rings. The highest BCUT2D eigenvalue weighted by atomic mass is 16.1. The maximum absolute atomic E-state index is 11.9. The monoisotopic (exact) mass is 253 g/mol. The van der Waals surface area contributed by atoms with Gasteiger partial charge < -0.3 is 15.5 Å². The molecular weight excluding hydrogens is 226 g/mol. The Hall–Kier alpha value is -0.610. The molecule has 1 saturated carbocycles. The van der Waals surface area contributed by atoms with Gasteiger partial charge in [-0.3, -0.25) is 4.79 Å². The van der Waals surface area contributed by atoms with Crippen molar-refractivity contribution in [3.8, 4) is 0 Å². The van der Waals surface area contributed by atoms with E-state index in [2.05, 4.69) is 22.5 Å². The molecule has 0 bridgehead atoms. The number of amides is 1. The quantitative estimate of drug-likeness (QED) is 0.789. The van der Waals surface area contributed by atoms with E-state index in [0.29, 0.717) is 18.5 Å². The second kappa shape index (κ2) is 7.10. The minimum atomic E-state index is 0.244. The van der Waals surface area contributed by atoms with Gasteiger partial charge in [0.25, 0.3) is 0 Å². The molecule has 4 nitrogen and oxygen atoms in total. The van der Waals surface area contributed by atoms with Crippen molar-refractivity contribution in [2.75, 3.05) is 26.2 Å². The molecule has 2 rings (SSSR count). The maximum Gasteiger partial charge on any atom is 0.221 e. The lowest BCUT2D eigenvalue weighted by molar-refractivity contribution is -0.122. The molecule has 2 N–H and O–H groups in total. The minimum Gasteiger partial charge on any atom is -0.353 e. The van der Waals surface area contributed by atoms with Crippen molar-refractivity contribution in [1.82, 2.24) is 15.5 Å². The molecule has 0 radical (unpaired) electrons. The van der Waals surface area contributed by atoms with Crippen molar-refractivity contribution >= 4 is 5.91 Å². The maximum atomic E-state index is 11.9. The summed E-state index contributed by atoms with van der Waals surface area (Å²) in [5, 5.41) is 6.61. The van der Waals surface area contributed by atoms with Gasteiger partial charge in [-0.05, 0) is 19.8 Å². The van der Waals surface area contributed by atoms with Crippen LogP contribution >= 0.6 is 0 Å². The van der Waals surface area contributed by atoms with Crippen molar-refractivity contribution in [3.05, 3.63) is 0 Å². The van der Waals surface area contributed by atoms with Crippen LogP contribution in [0.25, 0.3) is 0 Å². The summed E-state index contributed by atoms with van der Waals surface area (Å²) in [7, 11) is 0. The van der Waals surface area contributed by atoms with Crippen LogP contribution in [0.15, 0.2) is 0 Å². The smallest absolute Gasteiger partial charge is 0.221 e. The van der Waals surface area contributed by atoms with E-state index < -0.39 is 0 Å². The number of rotatable bonds is 4. The van der Waals surface area contributed by atoms with E-state index in [1.807, 2.05) is 0 Å². The summed E-state index contributed by atoms with van der Waals surface area (Å²) < 4.78 is 0. The average molecular weight is 253 g/mol. The van der Waals surface area contributed by atoms with E-state index in [-0.39, 0.29) is 5.91 Å². The molecule has 18 heavy (non-hydrogen) atoms. The number of nitrogens with one attached hydrogen (secondary N) is 2. The Kier molecular flexibility index (Phi) is 5.45. The third-order valence-corrected chi connectivity index (χ3v) is 4.08. The van der Waals surface area contributed by atoms with Crippen molar-refractivity contribution in [1.29, 1.82) is 0 Å². The zero-order chi connectivity index (χ0) is 12.8. The van der Waals surface area contributed by atoms with Crippen molar-refractivity contribution in [2.45, 2.75) is 57.5 Å². The molecule has 4 heteroatoms. The molecular formula is C14H27N3O. The van der Waals surface area contributed by atoms with E-state index in [0.717, 1.165) is 26.2 Å². The normalized spacial score (nSPS) is 27.1. The first-order valence-electron chi connectivity index (χ1n) is 7.49. The van der Waals surface area contributed by atoms with Crippen molar-refractivity contribution in [3.63, 3.8) is 0 Å². The molecule has 2 aliphatic rings. The summed E-state index contributed by atoms with van der Waals surface area (Å²) in [4.78, 5) is 14.3. The Morgan fingerprint density at radius 1 is 1.33 bits per heavy atom. The molecule has 1 amide bonds. The summed E-state index contributed by atoms with van der Waals surface area (Å²) in [5.41, 5.74) is 0. The fourth-order valence-electron chi connectivity index (χ4n) is 3.02. The van der Waals surface area contributed by atoms with E-state index in [9.17, 15) is 4.79 Å². The summed E-state index contributed by atoms with van der Waals surface area (Å²) in [6, 6.07) is 1.01. The second-order valence-electron chi connectivity index (χ2n) is 5.81. The Labute approximate surface area is 110 Å². The summed E-state index contributed by atoms with van der Waals surface area (Å²) >= 11 is 0. The van der Waals surface area contributed by atoms with Gasteiger partial charge in [0.2, 0.25) is 5.91 Å². The van der Waals surface area contributed by atoms with Gasteiger partial charge in [-0.1, -0.05) is 19.3 Å². The van der Waals surface area contributed by atoms with Crippen LogP contribution in [0.3, 0.4) is 0 Å². The van der Waals surface area contributed by atoms with Gasteiger partial charge in [0, 0.05) is 44.7 Å². The van der Waals surface area contributed by atoms with E-state index in [1.165, 1.54) is 32.1 Å². The van der Waals surface area contributed by atoms with Crippen molar-refractivity contribution in [2.24, 2.45) is 0 Å². The predicted molar refractivity (Wildman–Crippen MR) is 73.5 cm³/mol. The molecule has 0 aromatic heterocycles. The third kappa shape index (κ3) is 4.58. The van der Waals surface area contributed by atoms with Crippen LogP contribution in [0.1, 0.15) is 45.4 Å². The van der Waals surface area contributed by atoms with Crippen LogP contribution < -0.4 is 10.6 Å². The Bertz CT molecular complexity index is 264. The van der Waals surface area contributed by atoms with Gasteiger partial charge in [-0.25, -0.2) is 0 Å². The van der Waals surface area contributed by atoms with E-state index in [1.54, 1.807) is 0 Å². The van der Waals surface area contributed by atoms with Gasteiger partial charge in [-0.2, -0.15) is 0 Å². The van der Waals surface area contributed by atoms with Crippen LogP contribution in [-0.4, -0.2) is 49.1 Å². The highest BCUT2D eigenvalue weighted by molar-refractivity contribution is 5.76. The van der Waals surface area contributed by atoms with Gasteiger partial charge in [-0.15, -0.1) is 0 Å². The molecule has 1 atom stereocenters. The average Bonchev–Trinajstić information content (AvgIpc) is 2.38. The molecule has 0 aromatic carbocycles. The van der Waals surface area contributed by atoms with Crippen molar-refractivity contribution < 1.29 is 4.79 Å². The topological polar surface area (TPSA) is 44.4 Å². The number of carbonyl (C=O) groups is 1. The van der Waals surface area contributed by atoms with Gasteiger partial charge >= 0.3 is 0 Å². The summed E-state index contributed by atoms with van der Waals surface area (Å²) in [6.07, 6.45) is 6.90. The van der Waals surface area contributed by atoms with Crippen LogP contribution in [-0.2, 0) is 4.79 Å². The van der Waals surface area contributed by atoms with Crippen LogP contribution in [0, 0.1) is 0 Å². The van der Waals surface area contributed by atoms with E-state index >= 15 is 0 Å². The second-order valence-corrected chi connectivity index (χ2v) is 5.81. The molecule has 1 heterocycles. The molecule has 104 valence electrons. The first-order valence-corrected chi connectivity index (χ1v) is 7.49. The fraction of sp³-hybridized carbons (Fsp3) is 0.929. The molecule has 1 saturated heterocycles. The van der Waals surface area contributed by atoms with Crippen LogP contribution in [0.4, 0.5) is 0 Å². The Morgan fingerprint density at radius 3 is 2.83 bits per heavy atom. The van der Waals surface area contributed by atoms with Crippen LogP contribution in [0.5, 0.6) is 0 Å². The Balaban J connectivity index is 1.61. The largest absolute Gasteiger partial charge is 0.353 e. The number of nitrogens with zero attached hydrogens (tertiary/aromatic N) is 1. The first-order chi connectivity index (χ1) is 8.74. The number of hydrogen-bond donors (Lipinski definition) is 2. The molecule has 1 aliphatic carbocycles. The lowest BCUT2D eigenvalue weighted by Crippen LogP contribution is -2.50.